The topological polar surface area (TPSA) is 69.9 Å². The van der Waals surface area contributed by atoms with Crippen LogP contribution in [0.3, 0.4) is 0 Å². The normalized spacial score (nSPS) is 11.0. The Hall–Kier alpha value is -3.59. The van der Waals surface area contributed by atoms with E-state index in [1.807, 2.05) is 47.9 Å². The van der Waals surface area contributed by atoms with E-state index in [1.54, 1.807) is 12.4 Å². The van der Waals surface area contributed by atoms with Crippen LogP contribution < -0.4 is 4.74 Å². The van der Waals surface area contributed by atoms with Crippen LogP contribution in [-0.4, -0.2) is 37.9 Å². The highest BCUT2D eigenvalue weighted by molar-refractivity contribution is 7.99. The summed E-state index contributed by atoms with van der Waals surface area (Å²) in [5.41, 5.74) is 3.19. The first kappa shape index (κ1) is 21.6. The second kappa shape index (κ2) is 9.69. The number of Topliss-reactive ketones (excluding diaryl/α,β-unsaturated/α-hetero) is 1. The van der Waals surface area contributed by atoms with Crippen molar-refractivity contribution in [2.75, 3.05) is 5.75 Å². The molecule has 0 aliphatic carbocycles. The van der Waals surface area contributed by atoms with Crippen molar-refractivity contribution in [3.05, 3.63) is 84.2 Å². The molecule has 6 nitrogen and oxygen atoms in total. The molecule has 0 fully saturated rings. The molecule has 0 aliphatic heterocycles. The van der Waals surface area contributed by atoms with Crippen LogP contribution in [0.5, 0.6) is 5.75 Å². The second-order valence-electron chi connectivity index (χ2n) is 6.78. The maximum absolute atomic E-state index is 12.7. The minimum absolute atomic E-state index is 0.00508. The van der Waals surface area contributed by atoms with E-state index in [2.05, 4.69) is 19.9 Å². The average Bonchev–Trinajstić information content (AvgIpc) is 3.22. The van der Waals surface area contributed by atoms with Gasteiger partial charge in [0.15, 0.2) is 16.8 Å². The van der Waals surface area contributed by atoms with E-state index < -0.39 is 6.61 Å². The molecule has 0 radical (unpaired) electrons. The third-order valence-electron chi connectivity index (χ3n) is 4.66. The fourth-order valence-corrected chi connectivity index (χ4v) is 3.96. The summed E-state index contributed by atoms with van der Waals surface area (Å²) in [6.45, 7) is -0.914. The van der Waals surface area contributed by atoms with Gasteiger partial charge in [0.2, 0.25) is 0 Å². The molecule has 4 aromatic rings. The number of carbonyl (C=O) groups excluding carboxylic acids is 1. The number of ether oxygens (including phenoxy) is 1. The Bertz CT molecular complexity index is 1210. The van der Waals surface area contributed by atoms with Gasteiger partial charge in [-0.25, -0.2) is 0 Å². The Morgan fingerprint density at radius 3 is 2.44 bits per heavy atom. The molecule has 0 bridgehead atoms. The SMILES string of the molecule is Cc1ccccc1-n1c(SCC(=O)c2ccc(OC(F)F)cc2)nnc1-c1ccncc1. The fraction of sp³-hybridized carbons (Fsp3) is 0.130. The Balaban J connectivity index is 1.59. The Morgan fingerprint density at radius 1 is 1.03 bits per heavy atom. The van der Waals surface area contributed by atoms with Crippen molar-refractivity contribution in [3.63, 3.8) is 0 Å². The zero-order valence-electron chi connectivity index (χ0n) is 17.0. The van der Waals surface area contributed by atoms with Crippen LogP contribution in [0, 0.1) is 6.92 Å². The lowest BCUT2D eigenvalue weighted by atomic mass is 10.1. The summed E-state index contributed by atoms with van der Waals surface area (Å²) in [4.78, 5) is 16.7. The molecule has 0 saturated heterocycles. The molecule has 0 unspecified atom stereocenters. The van der Waals surface area contributed by atoms with Gasteiger partial charge in [0, 0.05) is 23.5 Å². The Labute approximate surface area is 187 Å². The molecule has 162 valence electrons. The van der Waals surface area contributed by atoms with Gasteiger partial charge in [0.05, 0.1) is 11.4 Å². The molecule has 2 aromatic heterocycles. The molecule has 0 atom stereocenters. The first-order valence-electron chi connectivity index (χ1n) is 9.65. The van der Waals surface area contributed by atoms with Crippen molar-refractivity contribution < 1.29 is 18.3 Å². The number of aryl methyl sites for hydroxylation is 1. The van der Waals surface area contributed by atoms with E-state index in [-0.39, 0.29) is 17.3 Å². The van der Waals surface area contributed by atoms with Crippen molar-refractivity contribution in [2.24, 2.45) is 0 Å². The number of pyridine rings is 1. The summed E-state index contributed by atoms with van der Waals surface area (Å²) in [6, 6.07) is 17.2. The Morgan fingerprint density at radius 2 is 1.75 bits per heavy atom. The monoisotopic (exact) mass is 452 g/mol. The van der Waals surface area contributed by atoms with Gasteiger partial charge in [0.1, 0.15) is 5.75 Å². The van der Waals surface area contributed by atoms with E-state index in [9.17, 15) is 13.6 Å². The molecule has 4 rings (SSSR count). The summed E-state index contributed by atoms with van der Waals surface area (Å²) in [5.74, 6) is 0.592. The summed E-state index contributed by atoms with van der Waals surface area (Å²) in [5, 5.41) is 9.25. The highest BCUT2D eigenvalue weighted by Gasteiger charge is 2.19. The highest BCUT2D eigenvalue weighted by atomic mass is 32.2. The summed E-state index contributed by atoms with van der Waals surface area (Å²) < 4.78 is 30.9. The number of hydrogen-bond acceptors (Lipinski definition) is 6. The van der Waals surface area contributed by atoms with Gasteiger partial charge in [-0.2, -0.15) is 8.78 Å². The van der Waals surface area contributed by atoms with E-state index >= 15 is 0 Å². The first-order valence-corrected chi connectivity index (χ1v) is 10.6. The predicted molar refractivity (Wildman–Crippen MR) is 117 cm³/mol. The standard InChI is InChI=1S/C23H18F2N4O2S/c1-15-4-2-3-5-19(15)29-21(17-10-12-26-13-11-17)27-28-23(29)32-14-20(30)16-6-8-18(9-7-16)31-22(24)25/h2-13,22H,14H2,1H3. The molecule has 0 amide bonds. The van der Waals surface area contributed by atoms with E-state index in [0.717, 1.165) is 16.8 Å². The zero-order valence-corrected chi connectivity index (χ0v) is 17.8. The molecule has 9 heteroatoms. The summed E-state index contributed by atoms with van der Waals surface area (Å²) in [7, 11) is 0. The molecule has 0 saturated carbocycles. The van der Waals surface area contributed by atoms with Crippen molar-refractivity contribution in [2.45, 2.75) is 18.7 Å². The molecule has 2 heterocycles. The molecular weight excluding hydrogens is 434 g/mol. The minimum atomic E-state index is -2.91. The van der Waals surface area contributed by atoms with E-state index in [4.69, 9.17) is 0 Å². The van der Waals surface area contributed by atoms with Gasteiger partial charge >= 0.3 is 6.61 Å². The number of rotatable bonds is 8. The largest absolute Gasteiger partial charge is 0.435 e. The summed E-state index contributed by atoms with van der Waals surface area (Å²) >= 11 is 1.26. The van der Waals surface area contributed by atoms with Crippen LogP contribution in [0.2, 0.25) is 0 Å². The van der Waals surface area contributed by atoms with Crippen LogP contribution in [0.4, 0.5) is 8.78 Å². The third-order valence-corrected chi connectivity index (χ3v) is 5.59. The van der Waals surface area contributed by atoms with Gasteiger partial charge in [-0.05, 0) is 55.0 Å². The quantitative estimate of drug-likeness (QED) is 0.270. The van der Waals surface area contributed by atoms with Crippen LogP contribution >= 0.6 is 11.8 Å². The molecule has 32 heavy (non-hydrogen) atoms. The molecule has 0 spiro atoms. The van der Waals surface area contributed by atoms with Gasteiger partial charge < -0.3 is 4.74 Å². The number of nitrogens with zero attached hydrogens (tertiary/aromatic N) is 4. The lowest BCUT2D eigenvalue weighted by Gasteiger charge is -2.12. The fourth-order valence-electron chi connectivity index (χ4n) is 3.12. The predicted octanol–water partition coefficient (Wildman–Crippen LogP) is 5.21. The lowest BCUT2D eigenvalue weighted by molar-refractivity contribution is -0.0498. The smallest absolute Gasteiger partial charge is 0.387 e. The van der Waals surface area contributed by atoms with Crippen molar-refractivity contribution in [3.8, 4) is 22.8 Å². The number of hydrogen-bond donors (Lipinski definition) is 0. The minimum Gasteiger partial charge on any atom is -0.435 e. The van der Waals surface area contributed by atoms with E-state index in [0.29, 0.717) is 16.5 Å². The second-order valence-corrected chi connectivity index (χ2v) is 7.72. The van der Waals surface area contributed by atoms with Crippen molar-refractivity contribution in [1.82, 2.24) is 19.7 Å². The molecule has 2 aromatic carbocycles. The molecule has 0 aliphatic rings. The van der Waals surface area contributed by atoms with E-state index in [1.165, 1.54) is 36.0 Å². The lowest BCUT2D eigenvalue weighted by Crippen LogP contribution is -2.06. The zero-order chi connectivity index (χ0) is 22.5. The third kappa shape index (κ3) is 4.83. The van der Waals surface area contributed by atoms with Crippen molar-refractivity contribution >= 4 is 17.5 Å². The number of halogens is 2. The number of ketones is 1. The number of alkyl halides is 2. The van der Waals surface area contributed by atoms with Crippen LogP contribution in [-0.2, 0) is 0 Å². The van der Waals surface area contributed by atoms with Crippen LogP contribution in [0.25, 0.3) is 17.1 Å². The first-order chi connectivity index (χ1) is 15.5. The highest BCUT2D eigenvalue weighted by Crippen LogP contribution is 2.29. The van der Waals surface area contributed by atoms with Gasteiger partial charge in [-0.1, -0.05) is 30.0 Å². The van der Waals surface area contributed by atoms with Gasteiger partial charge in [0.25, 0.3) is 0 Å². The van der Waals surface area contributed by atoms with Gasteiger partial charge in [-0.15, -0.1) is 10.2 Å². The Kier molecular flexibility index (Phi) is 6.55. The number of para-hydroxylation sites is 1. The maximum atomic E-state index is 12.7. The van der Waals surface area contributed by atoms with Crippen LogP contribution in [0.15, 0.2) is 78.2 Å². The number of thioether (sulfide) groups is 1. The average molecular weight is 452 g/mol. The number of benzene rings is 2. The molecule has 0 N–H and O–H groups in total. The van der Waals surface area contributed by atoms with Crippen LogP contribution in [0.1, 0.15) is 15.9 Å². The number of carbonyl (C=O) groups is 1. The molecular formula is C23H18F2N4O2S. The maximum Gasteiger partial charge on any atom is 0.387 e. The van der Waals surface area contributed by atoms with Crippen molar-refractivity contribution in [1.29, 1.82) is 0 Å². The van der Waals surface area contributed by atoms with Gasteiger partial charge in [-0.3, -0.25) is 14.3 Å². The number of aromatic nitrogens is 4. The summed E-state index contributed by atoms with van der Waals surface area (Å²) in [6.07, 6.45) is 3.37.